The molecule has 1 aromatic heterocycles. The fourth-order valence-electron chi connectivity index (χ4n) is 2.26. The van der Waals surface area contributed by atoms with Gasteiger partial charge in [0.25, 0.3) is 5.91 Å². The standard InChI is InChI=1S/C17H21N3O2/c1-4-13-5-7-14(8-6-13)16(10-21)20-17(22)15-9-18-12(3)19-11(15)2/h5-9,16,21H,4,10H2,1-3H3,(H,20,22). The summed E-state index contributed by atoms with van der Waals surface area (Å²) in [4.78, 5) is 20.6. The molecule has 2 aromatic rings. The third-order valence-corrected chi connectivity index (χ3v) is 3.62. The fourth-order valence-corrected chi connectivity index (χ4v) is 2.26. The van der Waals surface area contributed by atoms with Gasteiger partial charge in [0.2, 0.25) is 0 Å². The zero-order valence-electron chi connectivity index (χ0n) is 13.1. The first-order valence-corrected chi connectivity index (χ1v) is 7.36. The summed E-state index contributed by atoms with van der Waals surface area (Å²) in [6.07, 6.45) is 2.47. The topological polar surface area (TPSA) is 75.1 Å². The Morgan fingerprint density at radius 2 is 1.95 bits per heavy atom. The van der Waals surface area contributed by atoms with Crippen molar-refractivity contribution in [1.82, 2.24) is 15.3 Å². The Labute approximate surface area is 130 Å². The van der Waals surface area contributed by atoms with Crippen LogP contribution in [-0.2, 0) is 6.42 Å². The van der Waals surface area contributed by atoms with Crippen LogP contribution in [0.2, 0.25) is 0 Å². The number of benzene rings is 1. The lowest BCUT2D eigenvalue weighted by Gasteiger charge is -2.17. The number of aliphatic hydroxyl groups excluding tert-OH is 1. The van der Waals surface area contributed by atoms with Crippen LogP contribution in [-0.4, -0.2) is 27.6 Å². The van der Waals surface area contributed by atoms with E-state index < -0.39 is 6.04 Å². The van der Waals surface area contributed by atoms with Gasteiger partial charge in [0.05, 0.1) is 23.9 Å². The third-order valence-electron chi connectivity index (χ3n) is 3.62. The van der Waals surface area contributed by atoms with E-state index in [0.717, 1.165) is 12.0 Å². The molecule has 5 nitrogen and oxygen atoms in total. The molecule has 1 aromatic carbocycles. The van der Waals surface area contributed by atoms with E-state index in [1.807, 2.05) is 24.3 Å². The molecule has 2 rings (SSSR count). The smallest absolute Gasteiger partial charge is 0.255 e. The van der Waals surface area contributed by atoms with Gasteiger partial charge in [-0.05, 0) is 31.4 Å². The van der Waals surface area contributed by atoms with Gasteiger partial charge in [-0.15, -0.1) is 0 Å². The molecule has 2 N–H and O–H groups in total. The Bertz CT molecular complexity index is 653. The highest BCUT2D eigenvalue weighted by Gasteiger charge is 2.17. The number of aryl methyl sites for hydroxylation is 3. The Morgan fingerprint density at radius 1 is 1.27 bits per heavy atom. The van der Waals surface area contributed by atoms with Crippen LogP contribution in [0.25, 0.3) is 0 Å². The summed E-state index contributed by atoms with van der Waals surface area (Å²) in [5, 5.41) is 12.4. The van der Waals surface area contributed by atoms with Gasteiger partial charge in [-0.25, -0.2) is 9.97 Å². The number of rotatable bonds is 5. The van der Waals surface area contributed by atoms with Crippen molar-refractivity contribution in [1.29, 1.82) is 0 Å². The van der Waals surface area contributed by atoms with Crippen LogP contribution < -0.4 is 5.32 Å². The van der Waals surface area contributed by atoms with Crippen LogP contribution in [0.4, 0.5) is 0 Å². The monoisotopic (exact) mass is 299 g/mol. The Hall–Kier alpha value is -2.27. The van der Waals surface area contributed by atoms with Crippen molar-refractivity contribution in [2.24, 2.45) is 0 Å². The van der Waals surface area contributed by atoms with Crippen LogP contribution in [0, 0.1) is 13.8 Å². The summed E-state index contributed by atoms with van der Waals surface area (Å²) in [5.41, 5.74) is 3.14. The second-order valence-corrected chi connectivity index (χ2v) is 5.22. The zero-order chi connectivity index (χ0) is 16.1. The van der Waals surface area contributed by atoms with Crippen molar-refractivity contribution in [2.45, 2.75) is 33.2 Å². The summed E-state index contributed by atoms with van der Waals surface area (Å²) in [5.74, 6) is 0.346. The van der Waals surface area contributed by atoms with Crippen molar-refractivity contribution >= 4 is 5.91 Å². The van der Waals surface area contributed by atoms with Crippen LogP contribution in [0.15, 0.2) is 30.5 Å². The Kier molecular flexibility index (Phi) is 5.22. The molecule has 0 saturated carbocycles. The van der Waals surface area contributed by atoms with Crippen LogP contribution in [0.5, 0.6) is 0 Å². The van der Waals surface area contributed by atoms with Gasteiger partial charge in [0, 0.05) is 6.20 Å². The molecule has 1 unspecified atom stereocenters. The fraction of sp³-hybridized carbons (Fsp3) is 0.353. The number of carbonyl (C=O) groups excluding carboxylic acids is 1. The highest BCUT2D eigenvalue weighted by atomic mass is 16.3. The average Bonchev–Trinajstić information content (AvgIpc) is 2.52. The summed E-state index contributed by atoms with van der Waals surface area (Å²) in [6, 6.07) is 7.42. The van der Waals surface area contributed by atoms with E-state index in [-0.39, 0.29) is 12.5 Å². The second-order valence-electron chi connectivity index (χ2n) is 5.22. The van der Waals surface area contributed by atoms with E-state index in [0.29, 0.717) is 17.1 Å². The van der Waals surface area contributed by atoms with Crippen LogP contribution in [0.3, 0.4) is 0 Å². The van der Waals surface area contributed by atoms with E-state index in [1.54, 1.807) is 13.8 Å². The number of aliphatic hydroxyl groups is 1. The molecule has 0 aliphatic carbocycles. The Morgan fingerprint density at radius 3 is 2.50 bits per heavy atom. The predicted molar refractivity (Wildman–Crippen MR) is 84.6 cm³/mol. The number of aromatic nitrogens is 2. The molecular weight excluding hydrogens is 278 g/mol. The van der Waals surface area contributed by atoms with E-state index in [1.165, 1.54) is 11.8 Å². The van der Waals surface area contributed by atoms with E-state index in [9.17, 15) is 9.90 Å². The number of nitrogens with one attached hydrogen (secondary N) is 1. The van der Waals surface area contributed by atoms with Gasteiger partial charge in [-0.3, -0.25) is 4.79 Å². The molecule has 116 valence electrons. The number of nitrogens with zero attached hydrogens (tertiary/aromatic N) is 2. The van der Waals surface area contributed by atoms with Crippen molar-refractivity contribution < 1.29 is 9.90 Å². The Balaban J connectivity index is 2.16. The quantitative estimate of drug-likeness (QED) is 0.887. The highest BCUT2D eigenvalue weighted by molar-refractivity contribution is 5.95. The first-order valence-electron chi connectivity index (χ1n) is 7.36. The van der Waals surface area contributed by atoms with Gasteiger partial charge in [0.15, 0.2) is 0 Å². The molecule has 0 radical (unpaired) electrons. The lowest BCUT2D eigenvalue weighted by Crippen LogP contribution is -2.31. The minimum Gasteiger partial charge on any atom is -0.394 e. The number of hydrogen-bond donors (Lipinski definition) is 2. The second kappa shape index (κ2) is 7.13. The molecule has 1 atom stereocenters. The number of hydrogen-bond acceptors (Lipinski definition) is 4. The third kappa shape index (κ3) is 3.68. The molecular formula is C17H21N3O2. The molecule has 0 saturated heterocycles. The largest absolute Gasteiger partial charge is 0.394 e. The van der Waals surface area contributed by atoms with Crippen molar-refractivity contribution in [2.75, 3.05) is 6.61 Å². The molecule has 0 bridgehead atoms. The van der Waals surface area contributed by atoms with Crippen molar-refractivity contribution in [3.8, 4) is 0 Å². The lowest BCUT2D eigenvalue weighted by atomic mass is 10.0. The molecule has 22 heavy (non-hydrogen) atoms. The summed E-state index contributed by atoms with van der Waals surface area (Å²) in [7, 11) is 0. The summed E-state index contributed by atoms with van der Waals surface area (Å²) >= 11 is 0. The maximum Gasteiger partial charge on any atom is 0.255 e. The van der Waals surface area contributed by atoms with E-state index in [2.05, 4.69) is 22.2 Å². The zero-order valence-corrected chi connectivity index (χ0v) is 13.1. The minimum absolute atomic E-state index is 0.164. The molecule has 0 spiro atoms. The molecule has 1 heterocycles. The van der Waals surface area contributed by atoms with Crippen molar-refractivity contribution in [3.05, 3.63) is 58.7 Å². The molecule has 0 aliphatic heterocycles. The van der Waals surface area contributed by atoms with Gasteiger partial charge >= 0.3 is 0 Å². The summed E-state index contributed by atoms with van der Waals surface area (Å²) in [6.45, 7) is 5.47. The minimum atomic E-state index is -0.445. The van der Waals surface area contributed by atoms with Gasteiger partial charge in [-0.1, -0.05) is 31.2 Å². The molecule has 1 amide bonds. The SMILES string of the molecule is CCc1ccc(C(CO)NC(=O)c2cnc(C)nc2C)cc1. The highest BCUT2D eigenvalue weighted by Crippen LogP contribution is 2.15. The maximum absolute atomic E-state index is 12.3. The average molecular weight is 299 g/mol. The first kappa shape index (κ1) is 16.1. The van der Waals surface area contributed by atoms with Gasteiger partial charge in [0.1, 0.15) is 5.82 Å². The van der Waals surface area contributed by atoms with Crippen LogP contribution >= 0.6 is 0 Å². The number of carbonyl (C=O) groups is 1. The molecule has 0 fully saturated rings. The maximum atomic E-state index is 12.3. The summed E-state index contributed by atoms with van der Waals surface area (Å²) < 4.78 is 0. The van der Waals surface area contributed by atoms with Crippen LogP contribution in [0.1, 0.15) is 46.0 Å². The van der Waals surface area contributed by atoms with E-state index >= 15 is 0 Å². The lowest BCUT2D eigenvalue weighted by molar-refractivity contribution is 0.0914. The van der Waals surface area contributed by atoms with E-state index in [4.69, 9.17) is 0 Å². The first-order chi connectivity index (χ1) is 10.5. The van der Waals surface area contributed by atoms with Gasteiger partial charge in [-0.2, -0.15) is 0 Å². The molecule has 0 aliphatic rings. The predicted octanol–water partition coefficient (Wildman–Crippen LogP) is 2.12. The van der Waals surface area contributed by atoms with Crippen molar-refractivity contribution in [3.63, 3.8) is 0 Å². The van der Waals surface area contributed by atoms with Gasteiger partial charge < -0.3 is 10.4 Å². The molecule has 5 heteroatoms. The normalized spacial score (nSPS) is 12.0. The number of amides is 1.